The van der Waals surface area contributed by atoms with Crippen molar-refractivity contribution in [2.45, 2.75) is 51.1 Å². The van der Waals surface area contributed by atoms with E-state index in [0.29, 0.717) is 0 Å². The summed E-state index contributed by atoms with van der Waals surface area (Å²) in [5.41, 5.74) is 2.94. The number of imide groups is 1. The van der Waals surface area contributed by atoms with Crippen LogP contribution in [0, 0.1) is 11.8 Å². The van der Waals surface area contributed by atoms with Crippen LogP contribution in [0.1, 0.15) is 50.6 Å². The molecule has 32 heavy (non-hydrogen) atoms. The van der Waals surface area contributed by atoms with Gasteiger partial charge in [-0.1, -0.05) is 49.2 Å². The third kappa shape index (κ3) is 3.57. The van der Waals surface area contributed by atoms with E-state index < -0.39 is 0 Å². The second-order valence-electron chi connectivity index (χ2n) is 9.23. The lowest BCUT2D eigenvalue weighted by molar-refractivity contribution is -0.143. The van der Waals surface area contributed by atoms with Crippen molar-refractivity contribution in [3.05, 3.63) is 60.2 Å². The number of anilines is 2. The Morgan fingerprint density at radius 2 is 1.56 bits per heavy atom. The summed E-state index contributed by atoms with van der Waals surface area (Å²) in [5.74, 6) is -0.961. The van der Waals surface area contributed by atoms with Crippen LogP contribution in [0.5, 0.6) is 0 Å². The number of hydrogen-bond acceptors (Lipinski definition) is 4. The fourth-order valence-corrected chi connectivity index (χ4v) is 5.66. The van der Waals surface area contributed by atoms with Gasteiger partial charge in [0.05, 0.1) is 17.9 Å². The number of rotatable bonds is 4. The minimum Gasteiger partial charge on any atom is -0.378 e. The van der Waals surface area contributed by atoms with Crippen LogP contribution >= 0.6 is 0 Å². The van der Waals surface area contributed by atoms with Crippen LogP contribution in [0.4, 0.5) is 11.4 Å². The van der Waals surface area contributed by atoms with Crippen molar-refractivity contribution in [3.63, 3.8) is 0 Å². The molecule has 3 aliphatic rings. The van der Waals surface area contributed by atoms with E-state index in [2.05, 4.69) is 5.32 Å². The zero-order chi connectivity index (χ0) is 22.2. The largest absolute Gasteiger partial charge is 0.378 e. The van der Waals surface area contributed by atoms with Gasteiger partial charge >= 0.3 is 0 Å². The van der Waals surface area contributed by atoms with Crippen molar-refractivity contribution < 1.29 is 14.4 Å². The van der Waals surface area contributed by atoms with Gasteiger partial charge in [-0.15, -0.1) is 0 Å². The molecule has 6 nitrogen and oxygen atoms in total. The van der Waals surface area contributed by atoms with Gasteiger partial charge in [-0.05, 0) is 49.9 Å². The monoisotopic (exact) mass is 431 g/mol. The number of nitrogens with one attached hydrogen (secondary N) is 1. The summed E-state index contributed by atoms with van der Waals surface area (Å²) in [7, 11) is 0. The molecule has 2 fully saturated rings. The highest BCUT2D eigenvalue weighted by molar-refractivity contribution is 6.09. The van der Waals surface area contributed by atoms with E-state index in [0.717, 1.165) is 49.0 Å². The van der Waals surface area contributed by atoms with E-state index in [1.54, 1.807) is 4.90 Å². The summed E-state index contributed by atoms with van der Waals surface area (Å²) in [6.45, 7) is 1.86. The van der Waals surface area contributed by atoms with Gasteiger partial charge in [0.15, 0.2) is 0 Å². The molecule has 1 saturated heterocycles. The predicted octanol–water partition coefficient (Wildman–Crippen LogP) is 4.14. The normalized spacial score (nSPS) is 27.2. The molecule has 5 rings (SSSR count). The molecule has 2 heterocycles. The quantitative estimate of drug-likeness (QED) is 0.739. The summed E-state index contributed by atoms with van der Waals surface area (Å²) in [4.78, 5) is 42.2. The first-order valence-corrected chi connectivity index (χ1v) is 11.6. The SMILES string of the molecule is C[C@H]1C[C@H](Nc2ccccc2)c2ccccc2N1C(=O)CN1C(=O)[C@H]2CCCC[C@@H]2C1=O. The molecular weight excluding hydrogens is 402 g/mol. The molecule has 2 aromatic carbocycles. The Kier molecular flexibility index (Phi) is 5.45. The predicted molar refractivity (Wildman–Crippen MR) is 123 cm³/mol. The zero-order valence-electron chi connectivity index (χ0n) is 18.4. The molecule has 0 radical (unpaired) electrons. The number of carbonyl (C=O) groups excluding carboxylic acids is 3. The maximum absolute atomic E-state index is 13.4. The molecule has 2 aliphatic heterocycles. The highest BCUT2D eigenvalue weighted by Crippen LogP contribution is 2.40. The van der Waals surface area contributed by atoms with Crippen LogP contribution in [0.3, 0.4) is 0 Å². The first-order chi connectivity index (χ1) is 15.5. The number of amides is 3. The first kappa shape index (κ1) is 20.7. The standard InChI is InChI=1S/C26H29N3O3/c1-17-15-22(27-18-9-3-2-4-10-18)21-13-7-8-14-23(21)29(17)24(30)16-28-25(31)19-11-5-6-12-20(19)26(28)32/h2-4,7-10,13-14,17,19-20,22,27H,5-6,11-12,15-16H2,1H3/t17-,19-,20-,22-/m0/s1. The first-order valence-electron chi connectivity index (χ1n) is 11.6. The van der Waals surface area contributed by atoms with E-state index in [1.807, 2.05) is 61.5 Å². The van der Waals surface area contributed by atoms with Crippen LogP contribution in [0.15, 0.2) is 54.6 Å². The van der Waals surface area contributed by atoms with Gasteiger partial charge in [-0.25, -0.2) is 0 Å². The molecule has 0 aromatic heterocycles. The van der Waals surface area contributed by atoms with E-state index in [4.69, 9.17) is 0 Å². The topological polar surface area (TPSA) is 69.7 Å². The van der Waals surface area contributed by atoms with E-state index in [-0.39, 0.29) is 48.2 Å². The Labute approximate surface area is 188 Å². The van der Waals surface area contributed by atoms with Gasteiger partial charge in [0, 0.05) is 17.4 Å². The van der Waals surface area contributed by atoms with E-state index in [1.165, 1.54) is 4.90 Å². The Hall–Kier alpha value is -3.15. The third-order valence-electron chi connectivity index (χ3n) is 7.20. The Bertz CT molecular complexity index is 1010. The molecular formula is C26H29N3O3. The Morgan fingerprint density at radius 3 is 2.25 bits per heavy atom. The molecule has 0 bridgehead atoms. The number of carbonyl (C=O) groups is 3. The number of hydrogen-bond donors (Lipinski definition) is 1. The maximum atomic E-state index is 13.4. The molecule has 2 aromatic rings. The van der Waals surface area contributed by atoms with Gasteiger partial charge in [-0.2, -0.15) is 0 Å². The van der Waals surface area contributed by atoms with Crippen LogP contribution in [0.2, 0.25) is 0 Å². The smallest absolute Gasteiger partial charge is 0.247 e. The average Bonchev–Trinajstić information content (AvgIpc) is 3.05. The summed E-state index contributed by atoms with van der Waals surface area (Å²) in [5, 5.41) is 3.59. The minimum atomic E-state index is -0.227. The van der Waals surface area contributed by atoms with E-state index in [9.17, 15) is 14.4 Å². The van der Waals surface area contributed by atoms with Crippen LogP contribution < -0.4 is 10.2 Å². The van der Waals surface area contributed by atoms with Crippen molar-refractivity contribution in [1.82, 2.24) is 4.90 Å². The second-order valence-corrected chi connectivity index (χ2v) is 9.23. The van der Waals surface area contributed by atoms with Crippen molar-refractivity contribution >= 4 is 29.1 Å². The van der Waals surface area contributed by atoms with Gasteiger partial charge in [0.1, 0.15) is 6.54 Å². The summed E-state index contributed by atoms with van der Waals surface area (Å²) < 4.78 is 0. The molecule has 3 amide bonds. The van der Waals surface area contributed by atoms with Crippen molar-refractivity contribution in [2.24, 2.45) is 11.8 Å². The highest BCUT2D eigenvalue weighted by atomic mass is 16.2. The maximum Gasteiger partial charge on any atom is 0.247 e. The molecule has 166 valence electrons. The number of nitrogens with zero attached hydrogens (tertiary/aromatic N) is 2. The molecule has 0 unspecified atom stereocenters. The minimum absolute atomic E-state index is 0.0614. The van der Waals surface area contributed by atoms with Crippen molar-refractivity contribution in [3.8, 4) is 0 Å². The number of benzene rings is 2. The lowest BCUT2D eigenvalue weighted by atomic mass is 9.81. The molecule has 0 spiro atoms. The number of fused-ring (bicyclic) bond motifs is 2. The van der Waals surface area contributed by atoms with E-state index >= 15 is 0 Å². The Morgan fingerprint density at radius 1 is 0.938 bits per heavy atom. The molecule has 1 aliphatic carbocycles. The van der Waals surface area contributed by atoms with Crippen molar-refractivity contribution in [2.75, 3.05) is 16.8 Å². The lowest BCUT2D eigenvalue weighted by Gasteiger charge is -2.40. The van der Waals surface area contributed by atoms with Crippen LogP contribution in [-0.4, -0.2) is 35.2 Å². The summed E-state index contributed by atoms with van der Waals surface area (Å²) in [6, 6.07) is 18.0. The fraction of sp³-hybridized carbons (Fsp3) is 0.423. The molecule has 6 heteroatoms. The lowest BCUT2D eigenvalue weighted by Crippen LogP contribution is -2.49. The third-order valence-corrected chi connectivity index (χ3v) is 7.20. The fourth-order valence-electron chi connectivity index (χ4n) is 5.66. The van der Waals surface area contributed by atoms with Gasteiger partial charge < -0.3 is 10.2 Å². The zero-order valence-corrected chi connectivity index (χ0v) is 18.4. The average molecular weight is 432 g/mol. The van der Waals surface area contributed by atoms with Gasteiger partial charge in [0.25, 0.3) is 0 Å². The van der Waals surface area contributed by atoms with Gasteiger partial charge in [-0.3, -0.25) is 19.3 Å². The number of para-hydroxylation sites is 2. The molecule has 1 saturated carbocycles. The van der Waals surface area contributed by atoms with Gasteiger partial charge in [0.2, 0.25) is 17.7 Å². The molecule has 4 atom stereocenters. The second kappa shape index (κ2) is 8.41. The van der Waals surface area contributed by atoms with Crippen LogP contribution in [0.25, 0.3) is 0 Å². The van der Waals surface area contributed by atoms with Crippen LogP contribution in [-0.2, 0) is 14.4 Å². The highest BCUT2D eigenvalue weighted by Gasteiger charge is 2.49. The molecule has 1 N–H and O–H groups in total. The van der Waals surface area contributed by atoms with Crippen molar-refractivity contribution in [1.29, 1.82) is 0 Å². The summed E-state index contributed by atoms with van der Waals surface area (Å²) in [6.07, 6.45) is 4.22. The Balaban J connectivity index is 1.38. The number of likely N-dealkylation sites (tertiary alicyclic amines) is 1. The summed E-state index contributed by atoms with van der Waals surface area (Å²) >= 11 is 0.